The Hall–Kier alpha value is -1.32. The van der Waals surface area contributed by atoms with Gasteiger partial charge in [0.1, 0.15) is 5.78 Å². The molecule has 1 amide bonds. The summed E-state index contributed by atoms with van der Waals surface area (Å²) in [7, 11) is 1.38. The highest BCUT2D eigenvalue weighted by Crippen LogP contribution is 2.39. The minimum atomic E-state index is -0.329. The second-order valence-electron chi connectivity index (χ2n) is 4.67. The molecule has 1 fully saturated rings. The smallest absolute Gasteiger partial charge is 0.410 e. The molecule has 3 atom stereocenters. The molecule has 1 aliphatic carbocycles. The highest BCUT2D eigenvalue weighted by Gasteiger charge is 2.44. The molecule has 0 aromatic carbocycles. The Balaban J connectivity index is 2.28. The molecular formula is C12H17NO3. The summed E-state index contributed by atoms with van der Waals surface area (Å²) in [6, 6.07) is -0.102. The third-order valence-electron chi connectivity index (χ3n) is 3.74. The number of hydrogen-bond acceptors (Lipinski definition) is 3. The van der Waals surface area contributed by atoms with Gasteiger partial charge in [0.05, 0.1) is 13.2 Å². The molecule has 1 saturated heterocycles. The van der Waals surface area contributed by atoms with E-state index in [1.54, 1.807) is 11.8 Å². The topological polar surface area (TPSA) is 46.6 Å². The lowest BCUT2D eigenvalue weighted by atomic mass is 9.72. The highest BCUT2D eigenvalue weighted by atomic mass is 16.5. The molecule has 3 aliphatic rings. The minimum Gasteiger partial charge on any atom is -0.453 e. The number of carbonyl (C=O) groups excluding carboxylic acids is 2. The van der Waals surface area contributed by atoms with Crippen LogP contribution in [0.25, 0.3) is 0 Å². The Bertz CT molecular complexity index is 361. The van der Waals surface area contributed by atoms with Gasteiger partial charge in [-0.2, -0.15) is 0 Å². The maximum Gasteiger partial charge on any atom is 0.410 e. The molecule has 4 heteroatoms. The fourth-order valence-corrected chi connectivity index (χ4v) is 2.76. The molecule has 2 bridgehead atoms. The summed E-state index contributed by atoms with van der Waals surface area (Å²) in [6.07, 6.45) is 2.58. The van der Waals surface area contributed by atoms with Gasteiger partial charge < -0.3 is 9.64 Å². The van der Waals surface area contributed by atoms with E-state index >= 15 is 0 Å². The van der Waals surface area contributed by atoms with Gasteiger partial charge in [-0.1, -0.05) is 11.6 Å². The van der Waals surface area contributed by atoms with E-state index in [-0.39, 0.29) is 23.8 Å². The van der Waals surface area contributed by atoms with Crippen molar-refractivity contribution in [2.75, 3.05) is 13.7 Å². The van der Waals surface area contributed by atoms with Gasteiger partial charge in [0, 0.05) is 12.5 Å². The summed E-state index contributed by atoms with van der Waals surface area (Å²) < 4.78 is 4.75. The van der Waals surface area contributed by atoms with Crippen LogP contribution >= 0.6 is 0 Å². The number of hydrogen-bond donors (Lipinski definition) is 0. The number of piperidine rings is 1. The first kappa shape index (κ1) is 11.2. The van der Waals surface area contributed by atoms with Crippen molar-refractivity contribution in [2.24, 2.45) is 11.8 Å². The number of methoxy groups -OCH3 is 1. The second kappa shape index (κ2) is 3.92. The van der Waals surface area contributed by atoms with Crippen molar-refractivity contribution in [2.45, 2.75) is 26.3 Å². The van der Waals surface area contributed by atoms with Crippen molar-refractivity contribution in [3.05, 3.63) is 11.6 Å². The van der Waals surface area contributed by atoms with Crippen molar-refractivity contribution in [3.8, 4) is 0 Å². The molecule has 4 nitrogen and oxygen atoms in total. The normalized spacial score (nSPS) is 32.3. The van der Waals surface area contributed by atoms with Crippen LogP contribution in [0.3, 0.4) is 0 Å². The first-order valence-corrected chi connectivity index (χ1v) is 5.58. The van der Waals surface area contributed by atoms with Gasteiger partial charge in [0.15, 0.2) is 0 Å². The summed E-state index contributed by atoms with van der Waals surface area (Å²) in [5.41, 5.74) is 1.29. The molecule has 3 rings (SSSR count). The summed E-state index contributed by atoms with van der Waals surface area (Å²) in [5, 5.41) is 0. The van der Waals surface area contributed by atoms with Gasteiger partial charge in [0.25, 0.3) is 0 Å². The molecule has 0 radical (unpaired) electrons. The van der Waals surface area contributed by atoms with Crippen LogP contribution in [0.2, 0.25) is 0 Å². The molecule has 0 unspecified atom stereocenters. The monoisotopic (exact) mass is 223 g/mol. The van der Waals surface area contributed by atoms with Crippen LogP contribution in [0.1, 0.15) is 20.3 Å². The Morgan fingerprint density at radius 2 is 2.19 bits per heavy atom. The van der Waals surface area contributed by atoms with Gasteiger partial charge in [-0.3, -0.25) is 4.79 Å². The van der Waals surface area contributed by atoms with Crippen LogP contribution in [0.4, 0.5) is 4.79 Å². The Morgan fingerprint density at radius 3 is 2.69 bits per heavy atom. The molecule has 0 N–H and O–H groups in total. The fourth-order valence-electron chi connectivity index (χ4n) is 2.76. The van der Waals surface area contributed by atoms with Gasteiger partial charge >= 0.3 is 6.09 Å². The van der Waals surface area contributed by atoms with Crippen molar-refractivity contribution < 1.29 is 14.3 Å². The van der Waals surface area contributed by atoms with E-state index in [1.165, 1.54) is 12.7 Å². The first-order valence-electron chi connectivity index (χ1n) is 5.58. The van der Waals surface area contributed by atoms with E-state index in [4.69, 9.17) is 4.74 Å². The number of amides is 1. The van der Waals surface area contributed by atoms with Crippen molar-refractivity contribution in [1.29, 1.82) is 0 Å². The third kappa shape index (κ3) is 1.62. The molecule has 0 aromatic heterocycles. The van der Waals surface area contributed by atoms with E-state index in [0.717, 1.165) is 6.42 Å². The Labute approximate surface area is 95.2 Å². The number of fused-ring (bicyclic) bond motifs is 2. The van der Waals surface area contributed by atoms with Gasteiger partial charge in [-0.05, 0) is 26.2 Å². The average molecular weight is 223 g/mol. The molecule has 2 heterocycles. The predicted octanol–water partition coefficient (Wildman–Crippen LogP) is 1.61. The van der Waals surface area contributed by atoms with Crippen molar-refractivity contribution >= 4 is 11.9 Å². The maximum absolute atomic E-state index is 11.6. The fraction of sp³-hybridized carbons (Fsp3) is 0.667. The van der Waals surface area contributed by atoms with E-state index in [2.05, 4.69) is 6.92 Å². The van der Waals surface area contributed by atoms with Gasteiger partial charge in [-0.15, -0.1) is 0 Å². The number of ether oxygens (including phenoxy) is 1. The molecule has 0 spiro atoms. The van der Waals surface area contributed by atoms with Crippen LogP contribution in [0.15, 0.2) is 11.6 Å². The maximum atomic E-state index is 11.6. The summed E-state index contributed by atoms with van der Waals surface area (Å²) >= 11 is 0. The zero-order chi connectivity index (χ0) is 11.9. The van der Waals surface area contributed by atoms with Crippen LogP contribution < -0.4 is 0 Å². The standard InChI is InChI=1S/C12H17NO3/c1-7-4-11-10(8(2)14)5-9(7)6-13(11)12(15)16-3/h4,9-11H,5-6H2,1-3H3/t9-,10-,11+/m1/s1. The number of rotatable bonds is 1. The minimum absolute atomic E-state index is 0.0541. The van der Waals surface area contributed by atoms with E-state index in [1.807, 2.05) is 6.08 Å². The zero-order valence-corrected chi connectivity index (χ0v) is 9.90. The molecule has 0 saturated carbocycles. The van der Waals surface area contributed by atoms with Crippen LogP contribution in [-0.2, 0) is 9.53 Å². The van der Waals surface area contributed by atoms with E-state index in [0.29, 0.717) is 12.5 Å². The predicted molar refractivity (Wildman–Crippen MR) is 58.9 cm³/mol. The largest absolute Gasteiger partial charge is 0.453 e. The number of carbonyl (C=O) groups is 2. The third-order valence-corrected chi connectivity index (χ3v) is 3.74. The molecule has 88 valence electrons. The SMILES string of the molecule is COC(=O)N1C[C@H]2C[C@H](C(C)=O)[C@@H]1C=C2C. The molecule has 2 aliphatic heterocycles. The van der Waals surface area contributed by atoms with E-state index < -0.39 is 0 Å². The number of ketones is 1. The summed E-state index contributed by atoms with van der Waals surface area (Å²) in [6.45, 7) is 4.36. The summed E-state index contributed by atoms with van der Waals surface area (Å²) in [5.74, 6) is 0.423. The molecule has 16 heavy (non-hydrogen) atoms. The van der Waals surface area contributed by atoms with Crippen molar-refractivity contribution in [3.63, 3.8) is 0 Å². The Morgan fingerprint density at radius 1 is 1.50 bits per heavy atom. The van der Waals surface area contributed by atoms with Crippen LogP contribution in [0.5, 0.6) is 0 Å². The van der Waals surface area contributed by atoms with Crippen LogP contribution in [-0.4, -0.2) is 36.5 Å². The molecule has 0 aromatic rings. The Kier molecular flexibility index (Phi) is 2.74. The first-order chi connectivity index (χ1) is 7.54. The van der Waals surface area contributed by atoms with Crippen molar-refractivity contribution in [1.82, 2.24) is 4.90 Å². The molecular weight excluding hydrogens is 206 g/mol. The zero-order valence-electron chi connectivity index (χ0n) is 9.90. The lowest BCUT2D eigenvalue weighted by Crippen LogP contribution is -2.55. The van der Waals surface area contributed by atoms with Gasteiger partial charge in [0.2, 0.25) is 0 Å². The van der Waals surface area contributed by atoms with Crippen LogP contribution in [0, 0.1) is 11.8 Å². The highest BCUT2D eigenvalue weighted by molar-refractivity contribution is 5.81. The lowest BCUT2D eigenvalue weighted by molar-refractivity contribution is -0.124. The lowest BCUT2D eigenvalue weighted by Gasteiger charge is -2.46. The second-order valence-corrected chi connectivity index (χ2v) is 4.67. The number of nitrogens with zero attached hydrogens (tertiary/aromatic N) is 1. The van der Waals surface area contributed by atoms with E-state index in [9.17, 15) is 9.59 Å². The number of Topliss-reactive ketones (excluding diaryl/α,β-unsaturated/α-hetero) is 1. The van der Waals surface area contributed by atoms with Gasteiger partial charge in [-0.25, -0.2) is 4.79 Å². The quantitative estimate of drug-likeness (QED) is 0.634. The average Bonchev–Trinajstić information content (AvgIpc) is 2.27. The summed E-state index contributed by atoms with van der Waals surface area (Å²) in [4.78, 5) is 24.8.